The Morgan fingerprint density at radius 3 is 1.26 bits per heavy atom. The summed E-state index contributed by atoms with van der Waals surface area (Å²) in [4.78, 5) is 2.42. The highest BCUT2D eigenvalue weighted by atomic mass is 15.1. The lowest BCUT2D eigenvalue weighted by atomic mass is 9.65. The van der Waals surface area contributed by atoms with Gasteiger partial charge in [0, 0.05) is 17.1 Å². The summed E-state index contributed by atoms with van der Waals surface area (Å²) in [6, 6.07) is 70.4. The van der Waals surface area contributed by atoms with Gasteiger partial charge in [-0.05, 0) is 140 Å². The molecule has 256 valence electrons. The molecular formula is C53H39N. The fourth-order valence-electron chi connectivity index (χ4n) is 9.37. The van der Waals surface area contributed by atoms with Crippen molar-refractivity contribution in [2.75, 3.05) is 4.90 Å². The van der Waals surface area contributed by atoms with Crippen LogP contribution >= 0.6 is 0 Å². The van der Waals surface area contributed by atoms with Crippen molar-refractivity contribution in [1.82, 2.24) is 0 Å². The Hall–Kier alpha value is -6.44. The molecule has 0 bridgehead atoms. The van der Waals surface area contributed by atoms with Crippen molar-refractivity contribution in [3.8, 4) is 33.4 Å². The van der Waals surface area contributed by atoms with E-state index in [9.17, 15) is 0 Å². The molecule has 1 heteroatoms. The molecule has 0 atom stereocenters. The van der Waals surface area contributed by atoms with Gasteiger partial charge in [-0.25, -0.2) is 0 Å². The molecule has 0 radical (unpaired) electrons. The molecule has 54 heavy (non-hydrogen) atoms. The van der Waals surface area contributed by atoms with Gasteiger partial charge in [0.2, 0.25) is 0 Å². The predicted octanol–water partition coefficient (Wildman–Crippen LogP) is 13.1. The van der Waals surface area contributed by atoms with Gasteiger partial charge >= 0.3 is 0 Å². The number of nitrogens with zero attached hydrogens (tertiary/aromatic N) is 1. The number of rotatable bonds is 7. The first-order chi connectivity index (χ1) is 26.7. The van der Waals surface area contributed by atoms with Crippen LogP contribution in [0.1, 0.15) is 44.5 Å². The van der Waals surface area contributed by atoms with Crippen molar-refractivity contribution in [2.24, 2.45) is 0 Å². The summed E-state index contributed by atoms with van der Waals surface area (Å²) >= 11 is 0. The SMILES string of the molecule is c1ccc(-c2ccc(N(c3ccc(-c4ccccc4)cc3)c3ccc4c(c3)-c3ccccc3C4(c3ccc4c(c3)CC4)c3ccc4c(c3)CC4)cc2)cc1. The normalized spacial score (nSPS) is 14.1. The Kier molecular flexibility index (Phi) is 7.10. The van der Waals surface area contributed by atoms with E-state index in [-0.39, 0.29) is 5.41 Å². The molecule has 8 aromatic rings. The van der Waals surface area contributed by atoms with Crippen molar-refractivity contribution >= 4 is 17.1 Å². The first kappa shape index (κ1) is 31.1. The summed E-state index contributed by atoms with van der Waals surface area (Å²) in [6.45, 7) is 0. The van der Waals surface area contributed by atoms with Gasteiger partial charge in [-0.3, -0.25) is 0 Å². The molecule has 3 aliphatic carbocycles. The molecule has 0 N–H and O–H groups in total. The van der Waals surface area contributed by atoms with Crippen LogP contribution in [0.3, 0.4) is 0 Å². The van der Waals surface area contributed by atoms with E-state index in [4.69, 9.17) is 0 Å². The summed E-state index contributed by atoms with van der Waals surface area (Å²) in [5, 5.41) is 0. The zero-order valence-corrected chi connectivity index (χ0v) is 30.2. The monoisotopic (exact) mass is 689 g/mol. The van der Waals surface area contributed by atoms with Crippen LogP contribution in [-0.2, 0) is 31.1 Å². The molecule has 11 rings (SSSR count). The fourth-order valence-corrected chi connectivity index (χ4v) is 9.37. The smallest absolute Gasteiger partial charge is 0.0713 e. The third-order valence-corrected chi connectivity index (χ3v) is 12.4. The third-order valence-electron chi connectivity index (χ3n) is 12.4. The molecule has 0 heterocycles. The second-order valence-corrected chi connectivity index (χ2v) is 15.2. The number of fused-ring (bicyclic) bond motifs is 5. The van der Waals surface area contributed by atoms with Crippen LogP contribution in [0.15, 0.2) is 188 Å². The van der Waals surface area contributed by atoms with Crippen LogP contribution < -0.4 is 4.90 Å². The average Bonchev–Trinajstić information content (AvgIpc) is 3.51. The van der Waals surface area contributed by atoms with Gasteiger partial charge in [-0.2, -0.15) is 0 Å². The van der Waals surface area contributed by atoms with Crippen molar-refractivity contribution < 1.29 is 0 Å². The molecule has 0 unspecified atom stereocenters. The second-order valence-electron chi connectivity index (χ2n) is 15.2. The molecule has 0 aromatic heterocycles. The molecule has 0 fully saturated rings. The lowest BCUT2D eigenvalue weighted by molar-refractivity contribution is 0.740. The highest BCUT2D eigenvalue weighted by Crippen LogP contribution is 2.58. The minimum Gasteiger partial charge on any atom is -0.310 e. The number of aryl methyl sites for hydroxylation is 4. The van der Waals surface area contributed by atoms with Crippen molar-refractivity contribution in [3.63, 3.8) is 0 Å². The third kappa shape index (κ3) is 4.78. The van der Waals surface area contributed by atoms with E-state index in [1.165, 1.54) is 90.7 Å². The molecule has 0 saturated heterocycles. The molecule has 0 spiro atoms. The zero-order chi connectivity index (χ0) is 35.6. The topological polar surface area (TPSA) is 3.24 Å². The van der Waals surface area contributed by atoms with Crippen LogP contribution in [0.2, 0.25) is 0 Å². The summed E-state index contributed by atoms with van der Waals surface area (Å²) in [5.41, 5.74) is 22.0. The van der Waals surface area contributed by atoms with Gasteiger partial charge in [-0.15, -0.1) is 0 Å². The van der Waals surface area contributed by atoms with Gasteiger partial charge in [0.05, 0.1) is 5.41 Å². The highest BCUT2D eigenvalue weighted by molar-refractivity contribution is 5.90. The molecule has 8 aromatic carbocycles. The Morgan fingerprint density at radius 2 is 0.759 bits per heavy atom. The van der Waals surface area contributed by atoms with Crippen LogP contribution in [-0.4, -0.2) is 0 Å². The number of benzene rings is 8. The lowest BCUT2D eigenvalue weighted by Gasteiger charge is -2.37. The van der Waals surface area contributed by atoms with Gasteiger partial charge in [0.1, 0.15) is 0 Å². The summed E-state index contributed by atoms with van der Waals surface area (Å²) < 4.78 is 0. The molecule has 1 nitrogen and oxygen atoms in total. The van der Waals surface area contributed by atoms with Crippen molar-refractivity contribution in [3.05, 3.63) is 233 Å². The zero-order valence-electron chi connectivity index (χ0n) is 30.2. The van der Waals surface area contributed by atoms with E-state index in [0.29, 0.717) is 0 Å². The Balaban J connectivity index is 1.10. The lowest BCUT2D eigenvalue weighted by Crippen LogP contribution is -2.30. The summed E-state index contributed by atoms with van der Waals surface area (Å²) in [7, 11) is 0. The molecule has 0 amide bonds. The largest absolute Gasteiger partial charge is 0.310 e. The van der Waals surface area contributed by atoms with Crippen LogP contribution in [0, 0.1) is 0 Å². The van der Waals surface area contributed by atoms with Gasteiger partial charge in [0.25, 0.3) is 0 Å². The maximum absolute atomic E-state index is 2.52. The molecule has 3 aliphatic rings. The first-order valence-corrected chi connectivity index (χ1v) is 19.3. The second kappa shape index (κ2) is 12.3. The highest BCUT2D eigenvalue weighted by Gasteiger charge is 2.47. The van der Waals surface area contributed by atoms with E-state index in [1.807, 2.05) is 0 Å². The quantitative estimate of drug-likeness (QED) is 0.161. The minimum absolute atomic E-state index is 0.390. The Morgan fingerprint density at radius 1 is 0.315 bits per heavy atom. The number of anilines is 3. The van der Waals surface area contributed by atoms with Crippen LogP contribution in [0.4, 0.5) is 17.1 Å². The first-order valence-electron chi connectivity index (χ1n) is 19.3. The van der Waals surface area contributed by atoms with E-state index in [2.05, 4.69) is 193 Å². The van der Waals surface area contributed by atoms with Gasteiger partial charge in [0.15, 0.2) is 0 Å². The molecule has 0 aliphatic heterocycles. The van der Waals surface area contributed by atoms with E-state index in [1.54, 1.807) is 0 Å². The maximum atomic E-state index is 2.52. The maximum Gasteiger partial charge on any atom is 0.0713 e. The van der Waals surface area contributed by atoms with E-state index >= 15 is 0 Å². The van der Waals surface area contributed by atoms with Gasteiger partial charge in [-0.1, -0.05) is 152 Å². The standard InChI is InChI=1S/C53H39N/c1-3-9-36(10-4-1)38-21-27-46(28-22-38)54(47-29-23-39(24-30-47)37-11-5-2-6-12-37)48-31-32-52-50(35-48)49-13-7-8-14-51(49)53(52,44-25-19-40-15-17-42(40)33-44)45-26-20-41-16-18-43(41)34-45/h1-14,19-35H,15-18H2. The van der Waals surface area contributed by atoms with Crippen molar-refractivity contribution in [2.45, 2.75) is 31.1 Å². The fraction of sp³-hybridized carbons (Fsp3) is 0.0943. The Labute approximate surface area is 317 Å². The van der Waals surface area contributed by atoms with E-state index < -0.39 is 0 Å². The van der Waals surface area contributed by atoms with Crippen LogP contribution in [0.25, 0.3) is 33.4 Å². The predicted molar refractivity (Wildman–Crippen MR) is 224 cm³/mol. The number of hydrogen-bond acceptors (Lipinski definition) is 1. The Bertz CT molecular complexity index is 2550. The summed E-state index contributed by atoms with van der Waals surface area (Å²) in [6.07, 6.45) is 4.70. The minimum atomic E-state index is -0.390. The molecule has 0 saturated carbocycles. The molecular weight excluding hydrogens is 651 g/mol. The number of hydrogen-bond donors (Lipinski definition) is 0. The average molecular weight is 690 g/mol. The van der Waals surface area contributed by atoms with E-state index in [0.717, 1.165) is 29.9 Å². The van der Waals surface area contributed by atoms with Crippen LogP contribution in [0.5, 0.6) is 0 Å². The van der Waals surface area contributed by atoms with Crippen molar-refractivity contribution in [1.29, 1.82) is 0 Å². The summed E-state index contributed by atoms with van der Waals surface area (Å²) in [5.74, 6) is 0. The van der Waals surface area contributed by atoms with Gasteiger partial charge < -0.3 is 4.90 Å².